The molecular weight excluding hydrogens is 325 g/mol. The highest BCUT2D eigenvalue weighted by Crippen LogP contribution is 2.38. The number of nitrogens with two attached hydrogens (primary N) is 1. The highest BCUT2D eigenvalue weighted by atomic mass is 19.4. The maximum absolute atomic E-state index is 12.6. The van der Waals surface area contributed by atoms with Crippen LogP contribution in [0.15, 0.2) is 24.3 Å². The van der Waals surface area contributed by atoms with Gasteiger partial charge < -0.3 is 15.8 Å². The summed E-state index contributed by atoms with van der Waals surface area (Å²) in [6.07, 6.45) is -0.799. The molecule has 2 aliphatic heterocycles. The van der Waals surface area contributed by atoms with Gasteiger partial charge in [-0.15, -0.1) is 0 Å². The van der Waals surface area contributed by atoms with E-state index < -0.39 is 23.8 Å². The second-order valence-corrected chi connectivity index (χ2v) is 5.88. The van der Waals surface area contributed by atoms with Crippen molar-refractivity contribution in [2.75, 3.05) is 0 Å². The molecule has 2 aliphatic rings. The maximum Gasteiger partial charge on any atom is 0.491 e. The second-order valence-electron chi connectivity index (χ2n) is 5.88. The fraction of sp³-hybridized carbons (Fsp3) is 0.375. The Morgan fingerprint density at radius 3 is 2.62 bits per heavy atom. The van der Waals surface area contributed by atoms with E-state index in [1.807, 2.05) is 6.08 Å². The van der Waals surface area contributed by atoms with Gasteiger partial charge in [0.15, 0.2) is 5.75 Å². The number of nitrogens with one attached hydrogen (secondary N) is 1. The molecule has 3 N–H and O–H groups in total. The number of para-hydroxylation sites is 1. The van der Waals surface area contributed by atoms with Crippen molar-refractivity contribution < 1.29 is 27.5 Å². The number of hydrogen-bond acceptors (Lipinski definition) is 4. The smallest absolute Gasteiger partial charge is 0.418 e. The number of carbonyl (C=O) groups excluding carboxylic acids is 2. The summed E-state index contributed by atoms with van der Waals surface area (Å²) in [7, 11) is 0. The molecule has 0 radical (unpaired) electrons. The molecule has 1 aromatic carbocycles. The van der Waals surface area contributed by atoms with Gasteiger partial charge in [0.05, 0.1) is 5.56 Å². The van der Waals surface area contributed by atoms with Crippen LogP contribution in [0.5, 0.6) is 5.75 Å². The van der Waals surface area contributed by atoms with Crippen LogP contribution in [-0.4, -0.2) is 30.1 Å². The van der Waals surface area contributed by atoms with Crippen LogP contribution >= 0.6 is 0 Å². The lowest BCUT2D eigenvalue weighted by Crippen LogP contribution is -2.32. The van der Waals surface area contributed by atoms with Crippen molar-refractivity contribution in [2.45, 2.75) is 37.5 Å². The molecule has 8 heteroatoms. The van der Waals surface area contributed by atoms with Gasteiger partial charge in [0, 0.05) is 17.6 Å². The van der Waals surface area contributed by atoms with E-state index in [9.17, 15) is 22.8 Å². The Kier molecular flexibility index (Phi) is 4.08. The van der Waals surface area contributed by atoms with E-state index in [0.29, 0.717) is 12.0 Å². The second kappa shape index (κ2) is 5.94. The molecule has 2 atom stereocenters. The van der Waals surface area contributed by atoms with Crippen LogP contribution in [0.25, 0.3) is 5.57 Å². The van der Waals surface area contributed by atoms with E-state index in [1.165, 1.54) is 18.2 Å². The third-order valence-electron chi connectivity index (χ3n) is 4.20. The van der Waals surface area contributed by atoms with E-state index >= 15 is 0 Å². The number of carbonyl (C=O) groups is 2. The molecule has 24 heavy (non-hydrogen) atoms. The van der Waals surface area contributed by atoms with Gasteiger partial charge in [-0.05, 0) is 30.9 Å². The molecule has 3 rings (SSSR count). The molecule has 2 unspecified atom stereocenters. The topological polar surface area (TPSA) is 81.4 Å². The normalized spacial score (nSPS) is 22.9. The van der Waals surface area contributed by atoms with Gasteiger partial charge in [-0.3, -0.25) is 4.79 Å². The standard InChI is InChI=1S/C16H15F3N2O3/c17-16(18,19)15(23)24-13-11(2-1-3-12(13)14(20)22)8-6-9-4-5-10(7-8)21-9/h1-3,6,9-10,21H,4-5,7H2,(H2,20,22). The van der Waals surface area contributed by atoms with Gasteiger partial charge in [-0.1, -0.05) is 18.2 Å². The van der Waals surface area contributed by atoms with Gasteiger partial charge in [-0.2, -0.15) is 13.2 Å². The molecule has 2 bridgehead atoms. The zero-order valence-corrected chi connectivity index (χ0v) is 12.5. The molecule has 1 saturated heterocycles. The minimum atomic E-state index is -5.16. The van der Waals surface area contributed by atoms with Gasteiger partial charge in [0.2, 0.25) is 0 Å². The Morgan fingerprint density at radius 2 is 2.00 bits per heavy atom. The molecule has 1 fully saturated rings. The summed E-state index contributed by atoms with van der Waals surface area (Å²) in [6.45, 7) is 0. The van der Waals surface area contributed by atoms with Crippen LogP contribution in [0.4, 0.5) is 13.2 Å². The van der Waals surface area contributed by atoms with Crippen molar-refractivity contribution in [3.8, 4) is 5.75 Å². The number of rotatable bonds is 3. The minimum Gasteiger partial charge on any atom is -0.418 e. The predicted octanol–water partition coefficient (Wildman–Crippen LogP) is 2.16. The molecule has 5 nitrogen and oxygen atoms in total. The number of benzene rings is 1. The fourth-order valence-corrected chi connectivity index (χ4v) is 3.16. The van der Waals surface area contributed by atoms with Crippen molar-refractivity contribution in [2.24, 2.45) is 5.73 Å². The van der Waals surface area contributed by atoms with Crippen LogP contribution in [0.2, 0.25) is 0 Å². The Morgan fingerprint density at radius 1 is 1.25 bits per heavy atom. The third-order valence-corrected chi connectivity index (χ3v) is 4.20. The van der Waals surface area contributed by atoms with E-state index in [2.05, 4.69) is 10.1 Å². The van der Waals surface area contributed by atoms with Crippen molar-refractivity contribution in [3.63, 3.8) is 0 Å². The lowest BCUT2D eigenvalue weighted by molar-refractivity contribution is -0.189. The van der Waals surface area contributed by atoms with Crippen LogP contribution in [0.3, 0.4) is 0 Å². The number of fused-ring (bicyclic) bond motifs is 2. The molecular formula is C16H15F3N2O3. The lowest BCUT2D eigenvalue weighted by atomic mass is 9.93. The molecule has 0 spiro atoms. The highest BCUT2D eigenvalue weighted by molar-refractivity contribution is 5.99. The zero-order valence-electron chi connectivity index (χ0n) is 12.5. The Bertz CT molecular complexity index is 728. The van der Waals surface area contributed by atoms with E-state index in [1.54, 1.807) is 0 Å². The molecule has 1 amide bonds. The number of alkyl halides is 3. The van der Waals surface area contributed by atoms with Gasteiger partial charge in [0.25, 0.3) is 5.91 Å². The number of amides is 1. The van der Waals surface area contributed by atoms with Gasteiger partial charge in [0.1, 0.15) is 0 Å². The minimum absolute atomic E-state index is 0.127. The quantitative estimate of drug-likeness (QED) is 0.653. The van der Waals surface area contributed by atoms with Crippen LogP contribution in [0, 0.1) is 0 Å². The number of hydrogen-bond donors (Lipinski definition) is 2. The Balaban J connectivity index is 2.04. The third kappa shape index (κ3) is 3.14. The van der Waals surface area contributed by atoms with Crippen molar-refractivity contribution in [1.82, 2.24) is 5.32 Å². The molecule has 2 heterocycles. The average molecular weight is 340 g/mol. The highest BCUT2D eigenvalue weighted by Gasteiger charge is 2.42. The summed E-state index contributed by atoms with van der Waals surface area (Å²) in [6, 6.07) is 4.62. The van der Waals surface area contributed by atoms with Crippen molar-refractivity contribution in [1.29, 1.82) is 0 Å². The summed E-state index contributed by atoms with van der Waals surface area (Å²) in [5, 5.41) is 3.36. The summed E-state index contributed by atoms with van der Waals surface area (Å²) in [5.74, 6) is -3.77. The number of primary amides is 1. The molecule has 0 aliphatic carbocycles. The lowest BCUT2D eigenvalue weighted by Gasteiger charge is -2.23. The number of halogens is 3. The zero-order chi connectivity index (χ0) is 17.5. The van der Waals surface area contributed by atoms with Crippen LogP contribution in [-0.2, 0) is 4.79 Å². The van der Waals surface area contributed by atoms with Gasteiger partial charge >= 0.3 is 12.1 Å². The van der Waals surface area contributed by atoms with Crippen LogP contribution < -0.4 is 15.8 Å². The number of esters is 1. The summed E-state index contributed by atoms with van der Waals surface area (Å²) in [5.41, 5.74) is 6.01. The number of ether oxygens (including phenoxy) is 1. The average Bonchev–Trinajstić information content (AvgIpc) is 2.84. The van der Waals surface area contributed by atoms with E-state index in [0.717, 1.165) is 18.4 Å². The maximum atomic E-state index is 12.6. The SMILES string of the molecule is NC(=O)c1cccc(C2=CC3CCC(C2)N3)c1OC(=O)C(F)(F)F. The first-order valence-electron chi connectivity index (χ1n) is 7.44. The molecule has 1 aromatic rings. The predicted molar refractivity (Wildman–Crippen MR) is 79.2 cm³/mol. The van der Waals surface area contributed by atoms with E-state index in [-0.39, 0.29) is 17.6 Å². The van der Waals surface area contributed by atoms with Crippen LogP contribution in [0.1, 0.15) is 35.2 Å². The Labute approximate surface area is 135 Å². The molecule has 0 saturated carbocycles. The summed E-state index contributed by atoms with van der Waals surface area (Å²) >= 11 is 0. The summed E-state index contributed by atoms with van der Waals surface area (Å²) < 4.78 is 42.2. The molecule has 128 valence electrons. The molecule has 0 aromatic heterocycles. The largest absolute Gasteiger partial charge is 0.491 e. The first-order chi connectivity index (χ1) is 11.3. The Hall–Kier alpha value is -2.35. The van der Waals surface area contributed by atoms with Gasteiger partial charge in [-0.25, -0.2) is 4.79 Å². The van der Waals surface area contributed by atoms with Crippen molar-refractivity contribution in [3.05, 3.63) is 35.4 Å². The fourth-order valence-electron chi connectivity index (χ4n) is 3.16. The first-order valence-corrected chi connectivity index (χ1v) is 7.44. The summed E-state index contributed by atoms with van der Waals surface area (Å²) in [4.78, 5) is 22.8. The monoisotopic (exact) mass is 340 g/mol. The van der Waals surface area contributed by atoms with E-state index in [4.69, 9.17) is 5.73 Å². The first kappa shape index (κ1) is 16.5. The van der Waals surface area contributed by atoms with Crippen molar-refractivity contribution >= 4 is 17.4 Å².